The van der Waals surface area contributed by atoms with E-state index in [2.05, 4.69) is 15.7 Å². The Balaban J connectivity index is 1.54. The molecular formula is C17H27N3O5S3. The standard InChI is InChI=1S/C17H27N3O5S3/c1-13-3-4-14(25-13)5-6-17(21)20-9-7-15(8-10-20)27(2,22)19-28(23,24)16-11-26-12-18-16/h11-15H,3-10H2,1-2H3. The molecule has 3 heterocycles. The summed E-state index contributed by atoms with van der Waals surface area (Å²) in [6, 6.07) is 0. The Morgan fingerprint density at radius 3 is 2.57 bits per heavy atom. The molecule has 2 aliphatic rings. The van der Waals surface area contributed by atoms with Gasteiger partial charge in [0.05, 0.1) is 27.4 Å². The Hall–Kier alpha value is -1.04. The van der Waals surface area contributed by atoms with Gasteiger partial charge in [-0.15, -0.1) is 15.1 Å². The maximum absolute atomic E-state index is 13.0. The van der Waals surface area contributed by atoms with E-state index in [-0.39, 0.29) is 28.4 Å². The first-order chi connectivity index (χ1) is 13.2. The molecule has 3 atom stereocenters. The first kappa shape index (κ1) is 21.7. The minimum Gasteiger partial charge on any atom is -0.375 e. The highest BCUT2D eigenvalue weighted by Crippen LogP contribution is 2.25. The van der Waals surface area contributed by atoms with Crippen LogP contribution in [0.5, 0.6) is 0 Å². The fourth-order valence-corrected chi connectivity index (χ4v) is 8.46. The second-order valence-electron chi connectivity index (χ2n) is 7.50. The third-order valence-electron chi connectivity index (χ3n) is 5.33. The zero-order chi connectivity index (χ0) is 20.4. The van der Waals surface area contributed by atoms with Crippen LogP contribution >= 0.6 is 11.3 Å². The van der Waals surface area contributed by atoms with Crippen LogP contribution in [0.4, 0.5) is 0 Å². The van der Waals surface area contributed by atoms with Crippen molar-refractivity contribution >= 4 is 37.0 Å². The molecule has 1 aromatic rings. The van der Waals surface area contributed by atoms with Gasteiger partial charge in [-0.05, 0) is 39.0 Å². The average Bonchev–Trinajstić information content (AvgIpc) is 3.31. The molecule has 0 radical (unpaired) electrons. The first-order valence-electron chi connectivity index (χ1n) is 9.46. The van der Waals surface area contributed by atoms with Gasteiger partial charge in [0.15, 0.2) is 5.03 Å². The van der Waals surface area contributed by atoms with Crippen LogP contribution in [-0.4, -0.2) is 65.2 Å². The Labute approximate surface area is 170 Å². The van der Waals surface area contributed by atoms with Crippen molar-refractivity contribution in [1.29, 1.82) is 0 Å². The van der Waals surface area contributed by atoms with Crippen molar-refractivity contribution < 1.29 is 22.2 Å². The number of thiazole rings is 1. The number of piperidine rings is 1. The Kier molecular flexibility index (Phi) is 6.78. The van der Waals surface area contributed by atoms with Gasteiger partial charge in [0, 0.05) is 36.4 Å². The average molecular weight is 450 g/mol. The predicted octanol–water partition coefficient (Wildman–Crippen LogP) is 2.27. The van der Waals surface area contributed by atoms with Gasteiger partial charge >= 0.3 is 10.0 Å². The lowest BCUT2D eigenvalue weighted by atomic mass is 10.1. The van der Waals surface area contributed by atoms with Crippen LogP contribution in [0.15, 0.2) is 19.7 Å². The summed E-state index contributed by atoms with van der Waals surface area (Å²) >= 11 is 1.15. The molecule has 158 valence electrons. The van der Waals surface area contributed by atoms with E-state index in [4.69, 9.17) is 4.74 Å². The zero-order valence-corrected chi connectivity index (χ0v) is 18.6. The summed E-state index contributed by atoms with van der Waals surface area (Å²) in [5, 5.41) is 0.858. The second-order valence-corrected chi connectivity index (χ2v) is 12.6. The van der Waals surface area contributed by atoms with Crippen LogP contribution in [0.1, 0.15) is 45.4 Å². The number of aromatic nitrogens is 1. The highest BCUT2D eigenvalue weighted by atomic mass is 32.3. The van der Waals surface area contributed by atoms with E-state index in [9.17, 15) is 17.4 Å². The lowest BCUT2D eigenvalue weighted by molar-refractivity contribution is -0.132. The lowest BCUT2D eigenvalue weighted by Crippen LogP contribution is -2.42. The van der Waals surface area contributed by atoms with E-state index < -0.39 is 19.8 Å². The van der Waals surface area contributed by atoms with E-state index in [0.717, 1.165) is 30.6 Å². The molecule has 2 fully saturated rings. The summed E-state index contributed by atoms with van der Waals surface area (Å²) in [5.74, 6) is 0.0799. The van der Waals surface area contributed by atoms with Crippen molar-refractivity contribution in [1.82, 2.24) is 9.88 Å². The van der Waals surface area contributed by atoms with E-state index in [1.165, 1.54) is 17.1 Å². The highest BCUT2D eigenvalue weighted by molar-refractivity contribution is 8.03. The molecule has 1 amide bonds. The number of hydrogen-bond donors (Lipinski definition) is 0. The van der Waals surface area contributed by atoms with Crippen molar-refractivity contribution in [3.63, 3.8) is 0 Å². The van der Waals surface area contributed by atoms with Gasteiger partial charge in [0.25, 0.3) is 0 Å². The number of sulfonamides is 1. The molecule has 0 N–H and O–H groups in total. The number of amides is 1. The minimum atomic E-state index is -4.02. The summed E-state index contributed by atoms with van der Waals surface area (Å²) in [4.78, 5) is 18.0. The predicted molar refractivity (Wildman–Crippen MR) is 108 cm³/mol. The van der Waals surface area contributed by atoms with Crippen molar-refractivity contribution in [3.05, 3.63) is 10.9 Å². The molecule has 11 heteroatoms. The van der Waals surface area contributed by atoms with Crippen LogP contribution in [0.25, 0.3) is 0 Å². The third kappa shape index (κ3) is 5.31. The molecular weight excluding hydrogens is 422 g/mol. The molecule has 2 saturated heterocycles. The summed E-state index contributed by atoms with van der Waals surface area (Å²) < 4.78 is 47.0. The van der Waals surface area contributed by atoms with Crippen molar-refractivity contribution in [2.24, 2.45) is 3.77 Å². The van der Waals surface area contributed by atoms with E-state index in [1.807, 2.05) is 0 Å². The summed E-state index contributed by atoms with van der Waals surface area (Å²) in [6.45, 7) is 3.00. The molecule has 3 rings (SSSR count). The van der Waals surface area contributed by atoms with E-state index in [0.29, 0.717) is 32.4 Å². The smallest absolute Gasteiger partial charge is 0.308 e. The normalized spacial score (nSPS) is 26.1. The quantitative estimate of drug-likeness (QED) is 0.659. The van der Waals surface area contributed by atoms with Crippen molar-refractivity contribution in [2.45, 2.75) is 67.9 Å². The number of rotatable bonds is 6. The molecule has 1 aromatic heterocycles. The van der Waals surface area contributed by atoms with Gasteiger partial charge in [-0.1, -0.05) is 0 Å². The fraction of sp³-hybridized carbons (Fsp3) is 0.765. The van der Waals surface area contributed by atoms with Crippen LogP contribution < -0.4 is 0 Å². The van der Waals surface area contributed by atoms with Gasteiger partial charge in [-0.2, -0.15) is 8.42 Å². The Bertz CT molecular complexity index is 898. The molecule has 28 heavy (non-hydrogen) atoms. The van der Waals surface area contributed by atoms with Crippen LogP contribution in [0.3, 0.4) is 0 Å². The number of hydrogen-bond acceptors (Lipinski definition) is 7. The second kappa shape index (κ2) is 8.76. The number of ether oxygens (including phenoxy) is 1. The highest BCUT2D eigenvalue weighted by Gasteiger charge is 2.31. The number of carbonyl (C=O) groups excluding carboxylic acids is 1. The van der Waals surface area contributed by atoms with Crippen LogP contribution in [0, 0.1) is 0 Å². The minimum absolute atomic E-state index is 0.0799. The maximum Gasteiger partial charge on any atom is 0.308 e. The topological polar surface area (TPSA) is 106 Å². The molecule has 0 spiro atoms. The number of nitrogens with zero attached hydrogens (tertiary/aromatic N) is 3. The molecule has 0 bridgehead atoms. The Morgan fingerprint density at radius 2 is 2.00 bits per heavy atom. The van der Waals surface area contributed by atoms with E-state index >= 15 is 0 Å². The van der Waals surface area contributed by atoms with Gasteiger partial charge in [0.2, 0.25) is 5.91 Å². The number of carbonyl (C=O) groups is 1. The SMILES string of the molecule is CC1CCC(CCC(=O)N2CCC(S(C)(=O)=NS(=O)(=O)c3cscn3)CC2)O1. The van der Waals surface area contributed by atoms with Crippen molar-refractivity contribution in [2.75, 3.05) is 19.3 Å². The molecule has 3 unspecified atom stereocenters. The van der Waals surface area contributed by atoms with E-state index in [1.54, 1.807) is 4.90 Å². The summed E-state index contributed by atoms with van der Waals surface area (Å²) in [7, 11) is -6.98. The van der Waals surface area contributed by atoms with Crippen LogP contribution in [0.2, 0.25) is 0 Å². The number of likely N-dealkylation sites (tertiary alicyclic amines) is 1. The third-order valence-corrected chi connectivity index (χ3v) is 10.5. The zero-order valence-electron chi connectivity index (χ0n) is 16.2. The monoisotopic (exact) mass is 449 g/mol. The first-order valence-corrected chi connectivity index (χ1v) is 13.8. The summed E-state index contributed by atoms with van der Waals surface area (Å²) in [6.07, 6.45) is 6.02. The van der Waals surface area contributed by atoms with Crippen molar-refractivity contribution in [3.8, 4) is 0 Å². The van der Waals surface area contributed by atoms with Crippen LogP contribution in [-0.2, 0) is 29.3 Å². The molecule has 0 aliphatic carbocycles. The van der Waals surface area contributed by atoms with Gasteiger partial charge in [-0.25, -0.2) is 9.19 Å². The maximum atomic E-state index is 13.0. The molecule has 0 saturated carbocycles. The van der Waals surface area contributed by atoms with Gasteiger partial charge in [-0.3, -0.25) is 4.79 Å². The van der Waals surface area contributed by atoms with Gasteiger partial charge in [0.1, 0.15) is 0 Å². The summed E-state index contributed by atoms with van der Waals surface area (Å²) in [5.41, 5.74) is 1.40. The van der Waals surface area contributed by atoms with Gasteiger partial charge < -0.3 is 9.64 Å². The molecule has 0 aromatic carbocycles. The largest absolute Gasteiger partial charge is 0.375 e. The molecule has 8 nitrogen and oxygen atoms in total. The lowest BCUT2D eigenvalue weighted by Gasteiger charge is -2.32. The fourth-order valence-electron chi connectivity index (χ4n) is 3.71. The molecule has 2 aliphatic heterocycles. The Morgan fingerprint density at radius 1 is 1.29 bits per heavy atom.